The van der Waals surface area contributed by atoms with E-state index in [1.165, 1.54) is 11.1 Å². The van der Waals surface area contributed by atoms with Crippen LogP contribution in [0.2, 0.25) is 4.22 Å². The number of hydrogen-bond acceptors (Lipinski definition) is 0. The summed E-state index contributed by atoms with van der Waals surface area (Å²) < 4.78 is 0.406. The Kier molecular flexibility index (Phi) is 3.06. The normalized spacial score (nSPS) is 24.2. The first-order chi connectivity index (χ1) is 4.61. The second-order valence-electron chi connectivity index (χ2n) is 2.57. The summed E-state index contributed by atoms with van der Waals surface area (Å²) in [4.78, 5) is 0. The molecule has 10 heavy (non-hydrogen) atoms. The van der Waals surface area contributed by atoms with Gasteiger partial charge in [0.2, 0.25) is 0 Å². The summed E-state index contributed by atoms with van der Waals surface area (Å²) in [5, 5.41) is 0. The van der Waals surface area contributed by atoms with E-state index in [4.69, 9.17) is 18.6 Å². The van der Waals surface area contributed by atoms with Crippen molar-refractivity contribution in [2.45, 2.75) is 18.1 Å². The van der Waals surface area contributed by atoms with Crippen LogP contribution in [-0.2, 0) is 15.7 Å². The van der Waals surface area contributed by atoms with Gasteiger partial charge in [-0.2, -0.15) is 0 Å². The van der Waals surface area contributed by atoms with Crippen molar-refractivity contribution in [1.29, 1.82) is 0 Å². The van der Waals surface area contributed by atoms with Crippen molar-refractivity contribution in [2.24, 2.45) is 0 Å². The molecule has 0 nitrogen and oxygen atoms in total. The Labute approximate surface area is 75.5 Å². The zero-order chi connectivity index (χ0) is 7.72. The first kappa shape index (κ1) is 8.87. The van der Waals surface area contributed by atoms with Gasteiger partial charge in [0.1, 0.15) is 0 Å². The molecule has 0 aromatic heterocycles. The van der Waals surface area contributed by atoms with Crippen molar-refractivity contribution in [3.63, 3.8) is 0 Å². The Hall–Kier alpha value is 0.774. The molecule has 0 radical (unpaired) electrons. The van der Waals surface area contributed by atoms with Gasteiger partial charge in [0.15, 0.2) is 0 Å². The third kappa shape index (κ3) is 1.88. The molecule has 1 aliphatic rings. The zero-order valence-corrected chi connectivity index (χ0v) is 9.06. The summed E-state index contributed by atoms with van der Waals surface area (Å²) >= 11 is -1.76. The van der Waals surface area contributed by atoms with E-state index in [-0.39, 0.29) is 0 Å². The van der Waals surface area contributed by atoms with Crippen molar-refractivity contribution >= 4 is 18.6 Å². The molecule has 1 aliphatic carbocycles. The fraction of sp³-hybridized carbons (Fsp3) is 0.429. The van der Waals surface area contributed by atoms with Gasteiger partial charge in [0.25, 0.3) is 0 Å². The molecular weight excluding hydrogens is 203 g/mol. The van der Waals surface area contributed by atoms with Gasteiger partial charge in [0.05, 0.1) is 0 Å². The predicted molar refractivity (Wildman–Crippen MR) is 43.0 cm³/mol. The molecule has 55 valence electrons. The average Bonchev–Trinajstić information content (AvgIpc) is 2.10. The van der Waals surface area contributed by atoms with Gasteiger partial charge in [-0.15, -0.1) is 0 Å². The Morgan fingerprint density at radius 3 is 2.20 bits per heavy atom. The Bertz CT molecular complexity index is 194. The van der Waals surface area contributed by atoms with E-state index in [1.54, 1.807) is 0 Å². The molecular formula is C7H9Cl2Ti. The van der Waals surface area contributed by atoms with Crippen LogP contribution < -0.4 is 0 Å². The monoisotopic (exact) mass is 211 g/mol. The average molecular weight is 212 g/mol. The molecule has 0 saturated heterocycles. The minimum absolute atomic E-state index is 0.406. The van der Waals surface area contributed by atoms with E-state index in [2.05, 4.69) is 26.0 Å². The van der Waals surface area contributed by atoms with E-state index in [0.29, 0.717) is 4.22 Å². The molecule has 0 aromatic rings. The van der Waals surface area contributed by atoms with Crippen molar-refractivity contribution in [1.82, 2.24) is 0 Å². The van der Waals surface area contributed by atoms with Gasteiger partial charge in [-0.05, 0) is 0 Å². The molecule has 0 saturated carbocycles. The molecule has 0 aliphatic heterocycles. The molecule has 0 fully saturated rings. The first-order valence-corrected chi connectivity index (χ1v) is 8.35. The van der Waals surface area contributed by atoms with E-state index in [0.717, 1.165) is 0 Å². The van der Waals surface area contributed by atoms with E-state index in [9.17, 15) is 0 Å². The van der Waals surface area contributed by atoms with Crippen molar-refractivity contribution in [2.75, 3.05) is 0 Å². The van der Waals surface area contributed by atoms with Crippen molar-refractivity contribution in [3.05, 3.63) is 23.3 Å². The second kappa shape index (κ2) is 3.45. The third-order valence-corrected chi connectivity index (χ3v) is 5.25. The molecule has 0 N–H and O–H groups in total. The molecule has 0 aromatic carbocycles. The van der Waals surface area contributed by atoms with Crippen LogP contribution in [0.4, 0.5) is 0 Å². The molecule has 3 heteroatoms. The van der Waals surface area contributed by atoms with E-state index < -0.39 is 15.7 Å². The number of hydrogen-bond donors (Lipinski definition) is 0. The third-order valence-electron chi connectivity index (χ3n) is 1.61. The van der Waals surface area contributed by atoms with Crippen LogP contribution in [-0.4, -0.2) is 0 Å². The standard InChI is InChI=1S/C7H9.2ClH.Ti/c1-6-3-4-7(2)5-6;;;/h3-5H,1-2H3;2*1H;/q;;;+2/p-2. The Balaban J connectivity index is 2.75. The van der Waals surface area contributed by atoms with Gasteiger partial charge in [-0.3, -0.25) is 0 Å². The quantitative estimate of drug-likeness (QED) is 0.582. The summed E-state index contributed by atoms with van der Waals surface area (Å²) in [6, 6.07) is 0. The zero-order valence-electron chi connectivity index (χ0n) is 5.99. The molecule has 0 spiro atoms. The topological polar surface area (TPSA) is 0 Å². The maximum absolute atomic E-state index is 5.89. The van der Waals surface area contributed by atoms with E-state index in [1.807, 2.05) is 0 Å². The minimum atomic E-state index is -1.76. The van der Waals surface area contributed by atoms with Gasteiger partial charge in [0, 0.05) is 0 Å². The fourth-order valence-electron chi connectivity index (χ4n) is 1.13. The Morgan fingerprint density at radius 1 is 1.40 bits per heavy atom. The number of halogens is 2. The van der Waals surface area contributed by atoms with Gasteiger partial charge in [-0.25, -0.2) is 0 Å². The first-order valence-electron chi connectivity index (χ1n) is 3.15. The van der Waals surface area contributed by atoms with Crippen LogP contribution >= 0.6 is 18.6 Å². The van der Waals surface area contributed by atoms with Crippen LogP contribution in [0.15, 0.2) is 23.3 Å². The molecule has 1 unspecified atom stereocenters. The summed E-state index contributed by atoms with van der Waals surface area (Å²) in [5.74, 6) is 0. The number of allylic oxidation sites excluding steroid dienone is 4. The van der Waals surface area contributed by atoms with E-state index >= 15 is 0 Å². The maximum atomic E-state index is 5.89. The van der Waals surface area contributed by atoms with Crippen LogP contribution in [0.5, 0.6) is 0 Å². The van der Waals surface area contributed by atoms with Gasteiger partial charge in [-0.1, -0.05) is 0 Å². The SMILES string of the molecule is CC1=C[CH]([Ti]([Cl])[Cl])C(C)=C1. The number of rotatable bonds is 1. The molecule has 0 amide bonds. The summed E-state index contributed by atoms with van der Waals surface area (Å²) in [7, 11) is 11.8. The summed E-state index contributed by atoms with van der Waals surface area (Å²) in [5.41, 5.74) is 2.63. The molecule has 1 atom stereocenters. The molecule has 1 rings (SSSR count). The van der Waals surface area contributed by atoms with Crippen LogP contribution in [0.1, 0.15) is 13.8 Å². The Morgan fingerprint density at radius 2 is 2.00 bits per heavy atom. The molecule has 0 bridgehead atoms. The van der Waals surface area contributed by atoms with Crippen LogP contribution in [0.3, 0.4) is 0 Å². The summed E-state index contributed by atoms with van der Waals surface area (Å²) in [6.45, 7) is 4.17. The van der Waals surface area contributed by atoms with Crippen LogP contribution in [0, 0.1) is 0 Å². The van der Waals surface area contributed by atoms with Crippen LogP contribution in [0.25, 0.3) is 0 Å². The fourth-order valence-corrected chi connectivity index (χ4v) is 4.34. The van der Waals surface area contributed by atoms with Crippen molar-refractivity contribution < 1.29 is 15.7 Å². The second-order valence-corrected chi connectivity index (χ2v) is 8.60. The van der Waals surface area contributed by atoms with Gasteiger partial charge >= 0.3 is 75.7 Å². The van der Waals surface area contributed by atoms with Crippen molar-refractivity contribution in [3.8, 4) is 0 Å². The molecule has 0 heterocycles. The predicted octanol–water partition coefficient (Wildman–Crippen LogP) is 3.61. The summed E-state index contributed by atoms with van der Waals surface area (Å²) in [6.07, 6.45) is 4.33. The van der Waals surface area contributed by atoms with Gasteiger partial charge < -0.3 is 0 Å².